The highest BCUT2D eigenvalue weighted by Gasteiger charge is 2.40. The lowest BCUT2D eigenvalue weighted by Crippen LogP contribution is -2.40. The smallest absolute Gasteiger partial charge is 0.471 e. The van der Waals surface area contributed by atoms with Gasteiger partial charge in [-0.15, -0.1) is 0 Å². The van der Waals surface area contributed by atoms with Gasteiger partial charge in [-0.1, -0.05) is 24.3 Å². The predicted octanol–water partition coefficient (Wildman–Crippen LogP) is 3.75. The second-order valence-corrected chi connectivity index (χ2v) is 5.92. The van der Waals surface area contributed by atoms with Crippen LogP contribution in [0.2, 0.25) is 0 Å². The van der Waals surface area contributed by atoms with Crippen molar-refractivity contribution in [1.82, 2.24) is 5.32 Å². The number of hydrogen-bond acceptors (Lipinski definition) is 3. The zero-order chi connectivity index (χ0) is 20.0. The summed E-state index contributed by atoms with van der Waals surface area (Å²) in [6, 6.07) is 11.9. The Bertz CT molecular complexity index is 805. The zero-order valence-corrected chi connectivity index (χ0v) is 14.8. The van der Waals surface area contributed by atoms with E-state index in [0.29, 0.717) is 17.0 Å². The molecule has 8 heteroatoms. The fraction of sp³-hybridized carbons (Fsp3) is 0.263. The first-order valence-corrected chi connectivity index (χ1v) is 8.07. The van der Waals surface area contributed by atoms with Crippen molar-refractivity contribution >= 4 is 17.5 Å². The first-order chi connectivity index (χ1) is 12.7. The van der Waals surface area contributed by atoms with Gasteiger partial charge in [0.2, 0.25) is 5.91 Å². The number of benzene rings is 2. The lowest BCUT2D eigenvalue weighted by atomic mass is 10.0. The Hall–Kier alpha value is -3.03. The number of ether oxygens (including phenoxy) is 1. The van der Waals surface area contributed by atoms with Crippen molar-refractivity contribution in [3.63, 3.8) is 0 Å². The molecule has 27 heavy (non-hydrogen) atoms. The maximum absolute atomic E-state index is 12.6. The predicted molar refractivity (Wildman–Crippen MR) is 94.4 cm³/mol. The van der Waals surface area contributed by atoms with Crippen molar-refractivity contribution in [1.29, 1.82) is 0 Å². The summed E-state index contributed by atoms with van der Waals surface area (Å²) in [6.07, 6.45) is -5.40. The van der Waals surface area contributed by atoms with Crippen LogP contribution >= 0.6 is 0 Å². The normalized spacial score (nSPS) is 12.2. The third-order valence-electron chi connectivity index (χ3n) is 3.77. The molecule has 0 saturated carbocycles. The van der Waals surface area contributed by atoms with E-state index >= 15 is 0 Å². The molecule has 144 valence electrons. The molecule has 0 aliphatic carbocycles. The fourth-order valence-electron chi connectivity index (χ4n) is 2.45. The Morgan fingerprint density at radius 2 is 1.78 bits per heavy atom. The number of methoxy groups -OCH3 is 1. The van der Waals surface area contributed by atoms with Crippen LogP contribution in [0.3, 0.4) is 0 Å². The molecule has 0 aliphatic heterocycles. The van der Waals surface area contributed by atoms with Gasteiger partial charge in [-0.3, -0.25) is 9.59 Å². The van der Waals surface area contributed by atoms with Gasteiger partial charge >= 0.3 is 12.1 Å². The van der Waals surface area contributed by atoms with E-state index < -0.39 is 24.0 Å². The highest BCUT2D eigenvalue weighted by Crippen LogP contribution is 2.24. The molecule has 2 aromatic carbocycles. The number of halogens is 3. The molecular formula is C19H19F3N2O3. The van der Waals surface area contributed by atoms with E-state index in [9.17, 15) is 22.8 Å². The van der Waals surface area contributed by atoms with Crippen LogP contribution in [0.5, 0.6) is 5.75 Å². The SMILES string of the molecule is COc1ccc([C@@H](CC(=O)Nc2cccc(C)c2)NC(=O)C(F)(F)F)cc1. The molecule has 0 unspecified atom stereocenters. The highest BCUT2D eigenvalue weighted by atomic mass is 19.4. The highest BCUT2D eigenvalue weighted by molar-refractivity contribution is 5.92. The van der Waals surface area contributed by atoms with Gasteiger partial charge in [0.1, 0.15) is 5.75 Å². The number of amides is 2. The van der Waals surface area contributed by atoms with Crippen LogP contribution in [0.1, 0.15) is 23.6 Å². The van der Waals surface area contributed by atoms with E-state index in [4.69, 9.17) is 4.74 Å². The lowest BCUT2D eigenvalue weighted by molar-refractivity contribution is -0.174. The summed E-state index contributed by atoms with van der Waals surface area (Å²) >= 11 is 0. The van der Waals surface area contributed by atoms with Crippen molar-refractivity contribution in [2.24, 2.45) is 0 Å². The summed E-state index contributed by atoms with van der Waals surface area (Å²) in [6.45, 7) is 1.85. The number of aryl methyl sites for hydroxylation is 1. The summed E-state index contributed by atoms with van der Waals surface area (Å²) < 4.78 is 42.9. The van der Waals surface area contributed by atoms with Crippen molar-refractivity contribution in [3.05, 3.63) is 59.7 Å². The van der Waals surface area contributed by atoms with Gasteiger partial charge in [-0.2, -0.15) is 13.2 Å². The number of hydrogen-bond donors (Lipinski definition) is 2. The minimum atomic E-state index is -5.04. The average molecular weight is 380 g/mol. The summed E-state index contributed by atoms with van der Waals surface area (Å²) in [5, 5.41) is 4.49. The second-order valence-electron chi connectivity index (χ2n) is 5.92. The number of carbonyl (C=O) groups is 2. The molecule has 2 rings (SSSR count). The molecule has 0 bridgehead atoms. The van der Waals surface area contributed by atoms with E-state index in [-0.39, 0.29) is 6.42 Å². The quantitative estimate of drug-likeness (QED) is 0.802. The van der Waals surface area contributed by atoms with Gasteiger partial charge in [-0.25, -0.2) is 0 Å². The summed E-state index contributed by atoms with van der Waals surface area (Å²) in [5.41, 5.74) is 1.80. The molecule has 2 N–H and O–H groups in total. The number of rotatable bonds is 6. The Kier molecular flexibility index (Phi) is 6.44. The van der Waals surface area contributed by atoms with Gasteiger partial charge in [0.15, 0.2) is 0 Å². The van der Waals surface area contributed by atoms with Crippen LogP contribution in [0.25, 0.3) is 0 Å². The molecule has 5 nitrogen and oxygen atoms in total. The van der Waals surface area contributed by atoms with Crippen molar-refractivity contribution in [3.8, 4) is 5.75 Å². The molecular weight excluding hydrogens is 361 g/mol. The Balaban J connectivity index is 2.17. The second kappa shape index (κ2) is 8.57. The maximum Gasteiger partial charge on any atom is 0.471 e. The minimum absolute atomic E-state index is 0.354. The van der Waals surface area contributed by atoms with Crippen LogP contribution in [0.15, 0.2) is 48.5 Å². The zero-order valence-electron chi connectivity index (χ0n) is 14.8. The van der Waals surface area contributed by atoms with Crippen LogP contribution < -0.4 is 15.4 Å². The molecule has 0 aliphatic rings. The largest absolute Gasteiger partial charge is 0.497 e. The Morgan fingerprint density at radius 1 is 1.11 bits per heavy atom. The number of alkyl halides is 3. The van der Waals surface area contributed by atoms with Gasteiger partial charge in [0, 0.05) is 5.69 Å². The first kappa shape index (κ1) is 20.3. The Labute approximate surface area is 154 Å². The van der Waals surface area contributed by atoms with E-state index in [1.165, 1.54) is 19.2 Å². The maximum atomic E-state index is 12.6. The standard InChI is InChI=1S/C19H19F3N2O3/c1-12-4-3-5-14(10-12)23-17(25)11-16(24-18(26)19(20,21)22)13-6-8-15(27-2)9-7-13/h3-10,16H,11H2,1-2H3,(H,23,25)(H,24,26)/t16-/m1/s1. The van der Waals surface area contributed by atoms with E-state index in [2.05, 4.69) is 5.32 Å². The van der Waals surface area contributed by atoms with Gasteiger partial charge in [0.25, 0.3) is 0 Å². The molecule has 0 fully saturated rings. The van der Waals surface area contributed by atoms with Crippen molar-refractivity contribution in [2.45, 2.75) is 25.6 Å². The topological polar surface area (TPSA) is 67.4 Å². The van der Waals surface area contributed by atoms with Crippen LogP contribution in [-0.4, -0.2) is 25.1 Å². The summed E-state index contributed by atoms with van der Waals surface area (Å²) in [5.74, 6) is -2.13. The molecule has 0 aromatic heterocycles. The molecule has 0 saturated heterocycles. The van der Waals surface area contributed by atoms with Crippen LogP contribution in [0.4, 0.5) is 18.9 Å². The summed E-state index contributed by atoms with van der Waals surface area (Å²) in [7, 11) is 1.45. The van der Waals surface area contributed by atoms with E-state index in [1.54, 1.807) is 30.3 Å². The van der Waals surface area contributed by atoms with Crippen LogP contribution in [0, 0.1) is 6.92 Å². The lowest BCUT2D eigenvalue weighted by Gasteiger charge is -2.20. The number of carbonyl (C=O) groups excluding carboxylic acids is 2. The molecule has 2 amide bonds. The first-order valence-electron chi connectivity index (χ1n) is 8.07. The van der Waals surface area contributed by atoms with Crippen molar-refractivity contribution < 1.29 is 27.5 Å². The average Bonchev–Trinajstić information content (AvgIpc) is 2.60. The molecule has 0 radical (unpaired) electrons. The molecule has 2 aromatic rings. The third kappa shape index (κ3) is 6.02. The number of nitrogens with one attached hydrogen (secondary N) is 2. The molecule has 0 spiro atoms. The van der Waals surface area contributed by atoms with Gasteiger partial charge < -0.3 is 15.4 Å². The van der Waals surface area contributed by atoms with E-state index in [1.807, 2.05) is 18.3 Å². The summed E-state index contributed by atoms with van der Waals surface area (Å²) in [4.78, 5) is 23.7. The number of anilines is 1. The fourth-order valence-corrected chi connectivity index (χ4v) is 2.45. The minimum Gasteiger partial charge on any atom is -0.497 e. The van der Waals surface area contributed by atoms with Gasteiger partial charge in [-0.05, 0) is 42.3 Å². The third-order valence-corrected chi connectivity index (χ3v) is 3.77. The van der Waals surface area contributed by atoms with Crippen molar-refractivity contribution in [2.75, 3.05) is 12.4 Å². The monoisotopic (exact) mass is 380 g/mol. The van der Waals surface area contributed by atoms with Gasteiger partial charge in [0.05, 0.1) is 19.6 Å². The molecule has 1 atom stereocenters. The Morgan fingerprint density at radius 3 is 2.33 bits per heavy atom. The molecule has 0 heterocycles. The van der Waals surface area contributed by atoms with Crippen LogP contribution in [-0.2, 0) is 9.59 Å². The van der Waals surface area contributed by atoms with E-state index in [0.717, 1.165) is 5.56 Å².